The van der Waals surface area contributed by atoms with Crippen LogP contribution in [-0.2, 0) is 0 Å². The first-order valence-corrected chi connectivity index (χ1v) is 21.1. The third-order valence-corrected chi connectivity index (χ3v) is 14.0. The molecule has 266 valence electrons. The fourth-order valence-corrected chi connectivity index (χ4v) is 11.4. The molecule has 7 aromatic carbocycles. The molecule has 5 heterocycles. The predicted octanol–water partition coefficient (Wildman–Crippen LogP) is 14.1. The molecule has 57 heavy (non-hydrogen) atoms. The average molecular weight is 782 g/mol. The minimum atomic E-state index is 0.644. The van der Waals surface area contributed by atoms with E-state index >= 15 is 0 Å². The highest BCUT2D eigenvalue weighted by molar-refractivity contribution is 7.27. The second kappa shape index (κ2) is 12.9. The number of hydrogen-bond acceptors (Lipinski definition) is 8. The largest absolute Gasteiger partial charge is 0.226 e. The Balaban J connectivity index is 1.10. The first-order chi connectivity index (χ1) is 28.2. The van der Waals surface area contributed by atoms with Crippen molar-refractivity contribution in [3.05, 3.63) is 164 Å². The Morgan fingerprint density at radius 2 is 0.825 bits per heavy atom. The number of rotatable bonds is 5. The zero-order valence-corrected chi connectivity index (χ0v) is 32.5. The van der Waals surface area contributed by atoms with Crippen molar-refractivity contribution in [1.29, 1.82) is 0 Å². The summed E-state index contributed by atoms with van der Waals surface area (Å²) in [5, 5.41) is 5.80. The molecule has 5 aromatic heterocycles. The van der Waals surface area contributed by atoms with Gasteiger partial charge in [0.1, 0.15) is 0 Å². The molecular weight excluding hydrogens is 755 g/mol. The Hall–Kier alpha value is -6.71. The highest BCUT2D eigenvalue weighted by atomic mass is 32.1. The van der Waals surface area contributed by atoms with Gasteiger partial charge in [0.25, 0.3) is 0 Å². The molecule has 0 saturated carbocycles. The number of nitrogens with zero attached hydrogens (tertiary/aromatic N) is 5. The van der Waals surface area contributed by atoms with Crippen LogP contribution in [0, 0.1) is 0 Å². The quantitative estimate of drug-likeness (QED) is 0.174. The third kappa shape index (κ3) is 5.29. The topological polar surface area (TPSA) is 64.5 Å². The minimum Gasteiger partial charge on any atom is -0.226 e. The maximum Gasteiger partial charge on any atom is 0.164 e. The van der Waals surface area contributed by atoms with Crippen LogP contribution in [0.1, 0.15) is 0 Å². The summed E-state index contributed by atoms with van der Waals surface area (Å²) in [6.45, 7) is 0. The molecule has 0 atom stereocenters. The van der Waals surface area contributed by atoms with E-state index in [1.165, 1.54) is 34.3 Å². The van der Waals surface area contributed by atoms with Crippen molar-refractivity contribution in [2.75, 3.05) is 0 Å². The van der Waals surface area contributed by atoms with Gasteiger partial charge < -0.3 is 0 Å². The summed E-state index contributed by atoms with van der Waals surface area (Å²) in [4.78, 5) is 26.2. The van der Waals surface area contributed by atoms with Gasteiger partial charge in [-0.1, -0.05) is 127 Å². The SMILES string of the molecule is c1ccc(-c2nc(-c3cccc4sc5ccccc5c34)nc(-c3cccc4sc5ccc(-c6nc(-c7ccccc7)nc7c6sc6ccccc67)cc5c34)n2)cc1. The fraction of sp³-hybridized carbons (Fsp3) is 0. The first-order valence-electron chi connectivity index (χ1n) is 18.7. The van der Waals surface area contributed by atoms with Gasteiger partial charge in [-0.25, -0.2) is 24.9 Å². The van der Waals surface area contributed by atoms with E-state index in [2.05, 4.69) is 127 Å². The van der Waals surface area contributed by atoms with Gasteiger partial charge in [0.2, 0.25) is 0 Å². The third-order valence-electron chi connectivity index (χ3n) is 10.6. The number of hydrogen-bond donors (Lipinski definition) is 0. The summed E-state index contributed by atoms with van der Waals surface area (Å²) in [5.74, 6) is 2.67. The van der Waals surface area contributed by atoms with Crippen molar-refractivity contribution in [2.24, 2.45) is 0 Å². The zero-order valence-electron chi connectivity index (χ0n) is 30.0. The number of thiophene rings is 3. The van der Waals surface area contributed by atoms with Gasteiger partial charge in [-0.05, 0) is 36.4 Å². The second-order valence-electron chi connectivity index (χ2n) is 14.0. The van der Waals surface area contributed by atoms with Gasteiger partial charge in [0.05, 0.1) is 15.9 Å². The van der Waals surface area contributed by atoms with Crippen molar-refractivity contribution >= 4 is 94.7 Å². The van der Waals surface area contributed by atoms with Crippen LogP contribution in [-0.4, -0.2) is 24.9 Å². The van der Waals surface area contributed by atoms with Crippen LogP contribution in [0.15, 0.2) is 164 Å². The van der Waals surface area contributed by atoms with Crippen molar-refractivity contribution < 1.29 is 0 Å². The van der Waals surface area contributed by atoms with Crippen LogP contribution in [0.25, 0.3) is 117 Å². The van der Waals surface area contributed by atoms with Gasteiger partial charge in [0, 0.05) is 78.2 Å². The van der Waals surface area contributed by atoms with E-state index in [1.807, 2.05) is 36.4 Å². The molecule has 12 aromatic rings. The summed E-state index contributed by atoms with van der Waals surface area (Å²) in [5.41, 5.74) is 6.87. The standard InChI is InChI=1S/C49H27N5S3/c1-3-13-28(14-4-1)46-50-43(45-44(51-46)32-18-8-10-22-37(32)57-45)30-25-26-38-35(27-30)42-34(20-12-24-40(42)56-38)49-53-47(29-15-5-2-6-16-29)52-48(54-49)33-19-11-23-39-41(33)31-17-7-9-21-36(31)55-39/h1-27H. The maximum absolute atomic E-state index is 5.33. The molecule has 0 unspecified atom stereocenters. The Morgan fingerprint density at radius 3 is 1.49 bits per heavy atom. The lowest BCUT2D eigenvalue weighted by atomic mass is 10.0. The fourth-order valence-electron chi connectivity index (χ4n) is 7.96. The van der Waals surface area contributed by atoms with Gasteiger partial charge in [-0.3, -0.25) is 0 Å². The molecule has 0 spiro atoms. The monoisotopic (exact) mass is 781 g/mol. The summed E-state index contributed by atoms with van der Waals surface area (Å²) in [6, 6.07) is 57.2. The van der Waals surface area contributed by atoms with E-state index in [0.29, 0.717) is 17.5 Å². The maximum atomic E-state index is 5.33. The first kappa shape index (κ1) is 32.5. The van der Waals surface area contributed by atoms with Crippen molar-refractivity contribution in [2.45, 2.75) is 0 Å². The highest BCUT2D eigenvalue weighted by Crippen LogP contribution is 2.45. The van der Waals surface area contributed by atoms with Crippen LogP contribution in [0.4, 0.5) is 0 Å². The van der Waals surface area contributed by atoms with Gasteiger partial charge >= 0.3 is 0 Å². The molecule has 0 N–H and O–H groups in total. The Bertz CT molecular complexity index is 3530. The molecule has 0 fully saturated rings. The molecular formula is C49H27N5S3. The highest BCUT2D eigenvalue weighted by Gasteiger charge is 2.21. The van der Waals surface area contributed by atoms with E-state index in [4.69, 9.17) is 24.9 Å². The summed E-state index contributed by atoms with van der Waals surface area (Å²) < 4.78 is 7.11. The van der Waals surface area contributed by atoms with Crippen LogP contribution in [0.2, 0.25) is 0 Å². The molecule has 12 rings (SSSR count). The van der Waals surface area contributed by atoms with Crippen LogP contribution in [0.3, 0.4) is 0 Å². The molecule has 0 amide bonds. The van der Waals surface area contributed by atoms with Gasteiger partial charge in [-0.15, -0.1) is 34.0 Å². The van der Waals surface area contributed by atoms with Crippen molar-refractivity contribution in [3.8, 4) is 56.8 Å². The molecule has 0 saturated heterocycles. The Labute approximate surface area is 338 Å². The smallest absolute Gasteiger partial charge is 0.164 e. The number of fused-ring (bicyclic) bond motifs is 9. The molecule has 5 nitrogen and oxygen atoms in total. The van der Waals surface area contributed by atoms with E-state index in [9.17, 15) is 0 Å². The van der Waals surface area contributed by atoms with Crippen LogP contribution < -0.4 is 0 Å². The molecule has 0 bridgehead atoms. The van der Waals surface area contributed by atoms with Crippen LogP contribution >= 0.6 is 34.0 Å². The Morgan fingerprint density at radius 1 is 0.316 bits per heavy atom. The molecule has 0 radical (unpaired) electrons. The zero-order chi connectivity index (χ0) is 37.5. The van der Waals surface area contributed by atoms with E-state index < -0.39 is 0 Å². The summed E-state index contributed by atoms with van der Waals surface area (Å²) in [7, 11) is 0. The van der Waals surface area contributed by atoms with Crippen molar-refractivity contribution in [3.63, 3.8) is 0 Å². The molecule has 8 heteroatoms. The normalized spacial score (nSPS) is 11.9. The lowest BCUT2D eigenvalue weighted by Gasteiger charge is -2.11. The molecule has 0 aliphatic carbocycles. The lowest BCUT2D eigenvalue weighted by Crippen LogP contribution is -2.00. The number of aromatic nitrogens is 5. The average Bonchev–Trinajstić information content (AvgIpc) is 3.97. The second-order valence-corrected chi connectivity index (χ2v) is 17.2. The van der Waals surface area contributed by atoms with Crippen LogP contribution in [0.5, 0.6) is 0 Å². The van der Waals surface area contributed by atoms with E-state index in [-0.39, 0.29) is 0 Å². The summed E-state index contributed by atoms with van der Waals surface area (Å²) in [6.07, 6.45) is 0. The van der Waals surface area contributed by atoms with Crippen molar-refractivity contribution in [1.82, 2.24) is 24.9 Å². The minimum absolute atomic E-state index is 0.644. The molecule has 0 aliphatic rings. The lowest BCUT2D eigenvalue weighted by molar-refractivity contribution is 1.08. The summed E-state index contributed by atoms with van der Waals surface area (Å²) >= 11 is 5.34. The van der Waals surface area contributed by atoms with Gasteiger partial charge in [0.15, 0.2) is 23.3 Å². The number of benzene rings is 7. The van der Waals surface area contributed by atoms with E-state index in [1.54, 1.807) is 34.0 Å². The van der Waals surface area contributed by atoms with E-state index in [0.717, 1.165) is 65.7 Å². The van der Waals surface area contributed by atoms with Gasteiger partial charge in [-0.2, -0.15) is 0 Å². The molecule has 0 aliphatic heterocycles. The Kier molecular flexibility index (Phi) is 7.38. The predicted molar refractivity (Wildman–Crippen MR) is 241 cm³/mol.